The molecule has 1 N–H and O–H groups in total. The van der Waals surface area contributed by atoms with E-state index < -0.39 is 0 Å². The third kappa shape index (κ3) is 3.55. The summed E-state index contributed by atoms with van der Waals surface area (Å²) >= 11 is 0. The van der Waals surface area contributed by atoms with Crippen molar-refractivity contribution in [2.45, 2.75) is 47.0 Å². The van der Waals surface area contributed by atoms with Gasteiger partial charge >= 0.3 is 0 Å². The first kappa shape index (κ1) is 16.7. The fraction of sp³-hybridized carbons (Fsp3) is 0.500. The minimum Gasteiger partial charge on any atom is -0.513 e. The topological polar surface area (TPSA) is 23.5 Å². The van der Waals surface area contributed by atoms with Gasteiger partial charge in [0, 0.05) is 23.4 Å². The third-order valence-electron chi connectivity index (χ3n) is 4.72. The number of nitrogens with zero attached hydrogens (tertiary/aromatic N) is 1. The number of rotatable bonds is 4. The SMILES string of the molecule is C/C=C1\N(CC)/C(=C/C=C(\C)O)CC1(C)CC1C=CC=CC1. The van der Waals surface area contributed by atoms with Crippen LogP contribution in [0.2, 0.25) is 0 Å². The summed E-state index contributed by atoms with van der Waals surface area (Å²) in [6.45, 7) is 9.41. The van der Waals surface area contributed by atoms with E-state index in [0.717, 1.165) is 19.4 Å². The molecule has 22 heavy (non-hydrogen) atoms. The number of allylic oxidation sites excluding steroid dienone is 10. The standard InChI is InChI=1S/C20H29NO/c1-5-19-20(4,14-17-10-8-7-9-11-17)15-18(21(19)6-2)13-12-16(3)22/h5,7-10,12-13,17,22H,6,11,14-15H2,1-4H3/b16-12+,18-13+,19-5-. The molecule has 120 valence electrons. The Hall–Kier alpha value is -1.70. The molecule has 0 radical (unpaired) electrons. The van der Waals surface area contributed by atoms with Gasteiger partial charge in [0.1, 0.15) is 0 Å². The van der Waals surface area contributed by atoms with E-state index in [1.165, 1.54) is 17.8 Å². The van der Waals surface area contributed by atoms with Crippen LogP contribution in [0.25, 0.3) is 0 Å². The lowest BCUT2D eigenvalue weighted by Crippen LogP contribution is -2.24. The van der Waals surface area contributed by atoms with Gasteiger partial charge < -0.3 is 10.0 Å². The average molecular weight is 299 g/mol. The Morgan fingerprint density at radius 3 is 2.77 bits per heavy atom. The molecule has 0 aromatic carbocycles. The summed E-state index contributed by atoms with van der Waals surface area (Å²) < 4.78 is 0. The predicted octanol–water partition coefficient (Wildman–Crippen LogP) is 5.49. The molecule has 1 fully saturated rings. The Bertz CT molecular complexity index is 546. The van der Waals surface area contributed by atoms with Crippen LogP contribution in [0.5, 0.6) is 0 Å². The number of hydrogen-bond acceptors (Lipinski definition) is 2. The third-order valence-corrected chi connectivity index (χ3v) is 4.72. The van der Waals surface area contributed by atoms with E-state index >= 15 is 0 Å². The maximum Gasteiger partial charge on any atom is 0.0892 e. The van der Waals surface area contributed by atoms with Crippen LogP contribution >= 0.6 is 0 Å². The predicted molar refractivity (Wildman–Crippen MR) is 94.3 cm³/mol. The minimum atomic E-state index is 0.175. The largest absolute Gasteiger partial charge is 0.513 e. The van der Waals surface area contributed by atoms with Crippen molar-refractivity contribution in [3.05, 3.63) is 59.7 Å². The van der Waals surface area contributed by atoms with Crippen LogP contribution < -0.4 is 0 Å². The molecule has 2 nitrogen and oxygen atoms in total. The highest BCUT2D eigenvalue weighted by molar-refractivity contribution is 5.32. The normalized spacial score (nSPS) is 32.5. The Morgan fingerprint density at radius 1 is 1.45 bits per heavy atom. The number of aliphatic hydroxyl groups is 1. The number of likely N-dealkylation sites (tertiary alicyclic amines) is 1. The summed E-state index contributed by atoms with van der Waals surface area (Å²) in [7, 11) is 0. The van der Waals surface area contributed by atoms with Crippen LogP contribution in [0.1, 0.15) is 47.0 Å². The van der Waals surface area contributed by atoms with Gasteiger partial charge in [-0.25, -0.2) is 0 Å². The van der Waals surface area contributed by atoms with E-state index in [2.05, 4.69) is 62.1 Å². The molecule has 1 aliphatic heterocycles. The van der Waals surface area contributed by atoms with Crippen LogP contribution in [0.3, 0.4) is 0 Å². The van der Waals surface area contributed by atoms with Crippen LogP contribution in [-0.4, -0.2) is 16.6 Å². The second-order valence-corrected chi connectivity index (χ2v) is 6.63. The lowest BCUT2D eigenvalue weighted by atomic mass is 9.75. The second-order valence-electron chi connectivity index (χ2n) is 6.63. The monoisotopic (exact) mass is 299 g/mol. The van der Waals surface area contributed by atoms with Crippen molar-refractivity contribution in [2.24, 2.45) is 11.3 Å². The summed E-state index contributed by atoms with van der Waals surface area (Å²) in [5, 5.41) is 9.45. The Kier molecular flexibility index (Phi) is 5.33. The van der Waals surface area contributed by atoms with E-state index in [1.54, 1.807) is 13.0 Å². The maximum absolute atomic E-state index is 9.45. The van der Waals surface area contributed by atoms with Crippen molar-refractivity contribution in [1.29, 1.82) is 0 Å². The fourth-order valence-electron chi connectivity index (χ4n) is 3.85. The first-order valence-electron chi connectivity index (χ1n) is 8.34. The first-order valence-corrected chi connectivity index (χ1v) is 8.34. The molecule has 1 saturated heterocycles. The lowest BCUT2D eigenvalue weighted by Gasteiger charge is -2.31. The minimum absolute atomic E-state index is 0.175. The molecule has 2 aliphatic rings. The molecule has 2 unspecified atom stereocenters. The smallest absolute Gasteiger partial charge is 0.0892 e. The molecular formula is C20H29NO. The van der Waals surface area contributed by atoms with Gasteiger partial charge in [0.2, 0.25) is 0 Å². The highest BCUT2D eigenvalue weighted by Gasteiger charge is 2.41. The van der Waals surface area contributed by atoms with Gasteiger partial charge in [-0.1, -0.05) is 37.3 Å². The molecule has 1 heterocycles. The maximum atomic E-state index is 9.45. The summed E-state index contributed by atoms with van der Waals surface area (Å²) in [6.07, 6.45) is 18.4. The molecule has 0 bridgehead atoms. The van der Waals surface area contributed by atoms with Crippen molar-refractivity contribution in [3.8, 4) is 0 Å². The number of hydrogen-bond donors (Lipinski definition) is 1. The zero-order chi connectivity index (χ0) is 16.2. The van der Waals surface area contributed by atoms with Gasteiger partial charge in [-0.3, -0.25) is 0 Å². The van der Waals surface area contributed by atoms with Crippen molar-refractivity contribution < 1.29 is 5.11 Å². The van der Waals surface area contributed by atoms with Gasteiger partial charge in [0.15, 0.2) is 0 Å². The molecule has 1 aliphatic carbocycles. The quantitative estimate of drug-likeness (QED) is 0.694. The molecule has 2 heteroatoms. The van der Waals surface area contributed by atoms with E-state index in [9.17, 15) is 5.11 Å². The van der Waals surface area contributed by atoms with Crippen molar-refractivity contribution in [3.63, 3.8) is 0 Å². The fourth-order valence-corrected chi connectivity index (χ4v) is 3.85. The Morgan fingerprint density at radius 2 is 2.23 bits per heavy atom. The molecule has 2 atom stereocenters. The van der Waals surface area contributed by atoms with Gasteiger partial charge in [-0.05, 0) is 58.1 Å². The Balaban J connectivity index is 2.26. The molecule has 0 saturated carbocycles. The Labute approximate surface area is 135 Å². The van der Waals surface area contributed by atoms with Gasteiger partial charge in [-0.15, -0.1) is 0 Å². The van der Waals surface area contributed by atoms with E-state index in [-0.39, 0.29) is 5.41 Å². The zero-order valence-electron chi connectivity index (χ0n) is 14.3. The van der Waals surface area contributed by atoms with Crippen LogP contribution in [0.4, 0.5) is 0 Å². The molecule has 0 amide bonds. The van der Waals surface area contributed by atoms with E-state index in [0.29, 0.717) is 11.7 Å². The van der Waals surface area contributed by atoms with Crippen LogP contribution in [-0.2, 0) is 0 Å². The molecule has 0 aromatic rings. The number of aliphatic hydroxyl groups excluding tert-OH is 1. The van der Waals surface area contributed by atoms with Crippen LogP contribution in [0.15, 0.2) is 59.7 Å². The first-order chi connectivity index (χ1) is 10.5. The lowest BCUT2D eigenvalue weighted by molar-refractivity contribution is 0.313. The molecule has 0 spiro atoms. The second kappa shape index (κ2) is 7.04. The van der Waals surface area contributed by atoms with E-state index in [1.807, 2.05) is 0 Å². The van der Waals surface area contributed by atoms with Crippen molar-refractivity contribution in [1.82, 2.24) is 4.90 Å². The van der Waals surface area contributed by atoms with E-state index in [4.69, 9.17) is 0 Å². The molecular weight excluding hydrogens is 270 g/mol. The summed E-state index contributed by atoms with van der Waals surface area (Å²) in [6, 6.07) is 0. The zero-order valence-corrected chi connectivity index (χ0v) is 14.3. The summed E-state index contributed by atoms with van der Waals surface area (Å²) in [5.74, 6) is 0.984. The molecule has 0 aromatic heterocycles. The molecule has 2 rings (SSSR count). The summed E-state index contributed by atoms with van der Waals surface area (Å²) in [5.41, 5.74) is 2.91. The van der Waals surface area contributed by atoms with Gasteiger partial charge in [0.05, 0.1) is 5.76 Å². The highest BCUT2D eigenvalue weighted by Crippen LogP contribution is 2.50. The highest BCUT2D eigenvalue weighted by atomic mass is 16.3. The van der Waals surface area contributed by atoms with Gasteiger partial charge in [0.25, 0.3) is 0 Å². The van der Waals surface area contributed by atoms with Crippen molar-refractivity contribution in [2.75, 3.05) is 6.54 Å². The average Bonchev–Trinajstić information content (AvgIpc) is 2.77. The van der Waals surface area contributed by atoms with Gasteiger partial charge in [-0.2, -0.15) is 0 Å². The summed E-state index contributed by atoms with van der Waals surface area (Å²) in [4.78, 5) is 2.40. The van der Waals surface area contributed by atoms with Crippen LogP contribution in [0, 0.1) is 11.3 Å². The van der Waals surface area contributed by atoms with Crippen molar-refractivity contribution >= 4 is 0 Å².